The first-order chi connectivity index (χ1) is 11.0. The van der Waals surface area contributed by atoms with Gasteiger partial charge in [0.25, 0.3) is 5.91 Å². The molecule has 0 radical (unpaired) electrons. The summed E-state index contributed by atoms with van der Waals surface area (Å²) in [6.45, 7) is 4.51. The molecule has 118 valence electrons. The lowest BCUT2D eigenvalue weighted by molar-refractivity contribution is 0.102. The zero-order valence-electron chi connectivity index (χ0n) is 13.4. The van der Waals surface area contributed by atoms with Crippen molar-refractivity contribution in [1.82, 2.24) is 19.6 Å². The molecule has 0 saturated heterocycles. The van der Waals surface area contributed by atoms with Crippen molar-refractivity contribution in [3.05, 3.63) is 65.1 Å². The molecular formula is C17H19N5O. The molecule has 0 spiro atoms. The van der Waals surface area contributed by atoms with Gasteiger partial charge in [-0.1, -0.05) is 30.3 Å². The molecule has 6 nitrogen and oxygen atoms in total. The first kappa shape index (κ1) is 15.0. The Hall–Kier alpha value is -2.89. The fraction of sp³-hybridized carbons (Fsp3) is 0.235. The minimum absolute atomic E-state index is 0.194. The molecule has 3 aromatic rings. The van der Waals surface area contributed by atoms with Crippen molar-refractivity contribution >= 4 is 11.7 Å². The number of rotatable bonds is 4. The molecular weight excluding hydrogens is 290 g/mol. The highest BCUT2D eigenvalue weighted by Gasteiger charge is 2.15. The van der Waals surface area contributed by atoms with E-state index in [1.165, 1.54) is 5.56 Å². The van der Waals surface area contributed by atoms with Crippen LogP contribution in [0.3, 0.4) is 0 Å². The van der Waals surface area contributed by atoms with Crippen LogP contribution >= 0.6 is 0 Å². The zero-order chi connectivity index (χ0) is 16.4. The molecule has 1 amide bonds. The van der Waals surface area contributed by atoms with Crippen LogP contribution in [-0.2, 0) is 13.6 Å². The van der Waals surface area contributed by atoms with Gasteiger partial charge in [0.05, 0.1) is 18.3 Å². The van der Waals surface area contributed by atoms with Crippen LogP contribution in [0.4, 0.5) is 5.82 Å². The van der Waals surface area contributed by atoms with E-state index in [1.807, 2.05) is 49.8 Å². The normalized spacial score (nSPS) is 10.7. The summed E-state index contributed by atoms with van der Waals surface area (Å²) in [5.41, 5.74) is 3.54. The van der Waals surface area contributed by atoms with Crippen LogP contribution in [0, 0.1) is 13.8 Å². The number of nitrogens with one attached hydrogen (secondary N) is 1. The van der Waals surface area contributed by atoms with E-state index in [0.717, 1.165) is 11.4 Å². The van der Waals surface area contributed by atoms with Gasteiger partial charge in [-0.3, -0.25) is 14.2 Å². The van der Waals surface area contributed by atoms with Crippen LogP contribution in [0.2, 0.25) is 0 Å². The first-order valence-electron chi connectivity index (χ1n) is 7.43. The molecule has 0 saturated carbocycles. The van der Waals surface area contributed by atoms with Gasteiger partial charge in [0.15, 0.2) is 5.82 Å². The second-order valence-corrected chi connectivity index (χ2v) is 5.54. The number of nitrogens with zero attached hydrogens (tertiary/aromatic N) is 4. The maximum atomic E-state index is 12.3. The van der Waals surface area contributed by atoms with Gasteiger partial charge in [0.2, 0.25) is 0 Å². The minimum atomic E-state index is -0.194. The highest BCUT2D eigenvalue weighted by Crippen LogP contribution is 2.14. The molecule has 3 rings (SSSR count). The average molecular weight is 309 g/mol. The van der Waals surface area contributed by atoms with E-state index >= 15 is 0 Å². The number of anilines is 1. The van der Waals surface area contributed by atoms with Gasteiger partial charge in [-0.25, -0.2) is 0 Å². The molecule has 0 aliphatic rings. The number of amides is 1. The fourth-order valence-corrected chi connectivity index (χ4v) is 2.39. The topological polar surface area (TPSA) is 64.7 Å². The molecule has 6 heteroatoms. The third-order valence-corrected chi connectivity index (χ3v) is 3.88. The van der Waals surface area contributed by atoms with E-state index < -0.39 is 0 Å². The third-order valence-electron chi connectivity index (χ3n) is 3.88. The summed E-state index contributed by atoms with van der Waals surface area (Å²) in [7, 11) is 1.81. The summed E-state index contributed by atoms with van der Waals surface area (Å²) >= 11 is 0. The Bertz CT molecular complexity index is 832. The Morgan fingerprint density at radius 2 is 1.96 bits per heavy atom. The standard InChI is InChI=1S/C17H19N5O/c1-12-9-16(19-17(23)15-10-18-21(3)13(15)2)20-22(12)11-14-7-5-4-6-8-14/h4-10H,11H2,1-3H3,(H,19,20,23). The SMILES string of the molecule is Cc1c(C(=O)Nc2cc(C)n(Cc3ccccc3)n2)cnn1C. The number of carbonyl (C=O) groups is 1. The summed E-state index contributed by atoms with van der Waals surface area (Å²) in [5.74, 6) is 0.353. The molecule has 0 aliphatic heterocycles. The molecule has 23 heavy (non-hydrogen) atoms. The summed E-state index contributed by atoms with van der Waals surface area (Å²) < 4.78 is 3.55. The van der Waals surface area contributed by atoms with Crippen molar-refractivity contribution in [2.24, 2.45) is 7.05 Å². The maximum absolute atomic E-state index is 12.3. The Balaban J connectivity index is 1.76. The van der Waals surface area contributed by atoms with Crippen molar-refractivity contribution in [1.29, 1.82) is 0 Å². The van der Waals surface area contributed by atoms with E-state index in [2.05, 4.69) is 27.6 Å². The second-order valence-electron chi connectivity index (χ2n) is 5.54. The predicted octanol–water partition coefficient (Wildman–Crippen LogP) is 2.53. The molecule has 0 aliphatic carbocycles. The highest BCUT2D eigenvalue weighted by molar-refractivity contribution is 6.04. The van der Waals surface area contributed by atoms with Gasteiger partial charge < -0.3 is 5.32 Å². The molecule has 1 N–H and O–H groups in total. The van der Waals surface area contributed by atoms with Gasteiger partial charge in [-0.2, -0.15) is 10.2 Å². The van der Waals surface area contributed by atoms with Gasteiger partial charge in [0.1, 0.15) is 0 Å². The van der Waals surface area contributed by atoms with Gasteiger partial charge in [0, 0.05) is 24.5 Å². The zero-order valence-corrected chi connectivity index (χ0v) is 13.4. The molecule has 0 fully saturated rings. The number of hydrogen-bond donors (Lipinski definition) is 1. The Kier molecular flexibility index (Phi) is 3.97. The van der Waals surface area contributed by atoms with Crippen LogP contribution in [0.25, 0.3) is 0 Å². The van der Waals surface area contributed by atoms with Gasteiger partial charge >= 0.3 is 0 Å². The number of aryl methyl sites for hydroxylation is 2. The second kappa shape index (κ2) is 6.08. The summed E-state index contributed by atoms with van der Waals surface area (Å²) in [6, 6.07) is 12.0. The molecule has 2 aromatic heterocycles. The number of benzene rings is 1. The van der Waals surface area contributed by atoms with Crippen LogP contribution < -0.4 is 5.32 Å². The average Bonchev–Trinajstić information content (AvgIpc) is 3.04. The molecule has 0 unspecified atom stereocenters. The van der Waals surface area contributed by atoms with E-state index in [1.54, 1.807) is 10.9 Å². The van der Waals surface area contributed by atoms with Crippen molar-refractivity contribution in [2.75, 3.05) is 5.32 Å². The Morgan fingerprint density at radius 1 is 1.22 bits per heavy atom. The van der Waals surface area contributed by atoms with Crippen molar-refractivity contribution in [3.8, 4) is 0 Å². The predicted molar refractivity (Wildman–Crippen MR) is 88.4 cm³/mol. The lowest BCUT2D eigenvalue weighted by Gasteiger charge is -2.04. The molecule has 1 aromatic carbocycles. The summed E-state index contributed by atoms with van der Waals surface area (Å²) in [4.78, 5) is 12.3. The van der Waals surface area contributed by atoms with Gasteiger partial charge in [-0.05, 0) is 19.4 Å². The Morgan fingerprint density at radius 3 is 2.61 bits per heavy atom. The lowest BCUT2D eigenvalue weighted by atomic mass is 10.2. The molecule has 2 heterocycles. The largest absolute Gasteiger partial charge is 0.305 e. The fourth-order valence-electron chi connectivity index (χ4n) is 2.39. The van der Waals surface area contributed by atoms with E-state index in [0.29, 0.717) is 17.9 Å². The minimum Gasteiger partial charge on any atom is -0.305 e. The van der Waals surface area contributed by atoms with Gasteiger partial charge in [-0.15, -0.1) is 0 Å². The molecule has 0 atom stereocenters. The van der Waals surface area contributed by atoms with Crippen LogP contribution in [0.1, 0.15) is 27.3 Å². The van der Waals surface area contributed by atoms with Crippen molar-refractivity contribution < 1.29 is 4.79 Å². The number of carbonyl (C=O) groups excluding carboxylic acids is 1. The smallest absolute Gasteiger partial charge is 0.260 e. The maximum Gasteiger partial charge on any atom is 0.260 e. The highest BCUT2D eigenvalue weighted by atomic mass is 16.1. The van der Waals surface area contributed by atoms with Crippen molar-refractivity contribution in [3.63, 3.8) is 0 Å². The molecule has 0 bridgehead atoms. The number of aromatic nitrogens is 4. The van der Waals surface area contributed by atoms with Crippen LogP contribution in [0.5, 0.6) is 0 Å². The van der Waals surface area contributed by atoms with Crippen LogP contribution in [0.15, 0.2) is 42.6 Å². The van der Waals surface area contributed by atoms with E-state index in [-0.39, 0.29) is 5.91 Å². The van der Waals surface area contributed by atoms with Crippen molar-refractivity contribution in [2.45, 2.75) is 20.4 Å². The summed E-state index contributed by atoms with van der Waals surface area (Å²) in [6.07, 6.45) is 1.57. The Labute approximate surface area is 134 Å². The lowest BCUT2D eigenvalue weighted by Crippen LogP contribution is -2.14. The summed E-state index contributed by atoms with van der Waals surface area (Å²) in [5, 5.41) is 11.4. The monoisotopic (exact) mass is 309 g/mol. The van der Waals surface area contributed by atoms with E-state index in [9.17, 15) is 4.79 Å². The first-order valence-corrected chi connectivity index (χ1v) is 7.43. The quantitative estimate of drug-likeness (QED) is 0.805. The third kappa shape index (κ3) is 3.15. The van der Waals surface area contributed by atoms with Crippen LogP contribution in [-0.4, -0.2) is 25.5 Å². The number of hydrogen-bond acceptors (Lipinski definition) is 3. The van der Waals surface area contributed by atoms with E-state index in [4.69, 9.17) is 0 Å².